The molecule has 2 aromatic rings. The Balaban J connectivity index is 1.17. The van der Waals surface area contributed by atoms with Gasteiger partial charge in [-0.25, -0.2) is 0 Å². The summed E-state index contributed by atoms with van der Waals surface area (Å²) in [6.45, 7) is 8.15. The van der Waals surface area contributed by atoms with E-state index in [2.05, 4.69) is 38.4 Å². The van der Waals surface area contributed by atoms with Crippen LogP contribution in [-0.2, 0) is 4.79 Å². The molecule has 2 atom stereocenters. The lowest BCUT2D eigenvalue weighted by molar-refractivity contribution is -0.129. The third-order valence-corrected chi connectivity index (χ3v) is 8.26. The molecule has 1 aromatic carbocycles. The molecule has 0 radical (unpaired) electrons. The molecule has 2 aliphatic heterocycles. The summed E-state index contributed by atoms with van der Waals surface area (Å²) in [4.78, 5) is 19.3. The molecule has 1 N–H and O–H groups in total. The molecule has 1 aromatic heterocycles. The van der Waals surface area contributed by atoms with Crippen LogP contribution in [-0.4, -0.2) is 82.2 Å². The second-order valence-corrected chi connectivity index (χ2v) is 9.92. The van der Waals surface area contributed by atoms with E-state index in [1.165, 1.54) is 10.1 Å². The number of aliphatic hydroxyl groups excluding tert-OH is 1. The highest BCUT2D eigenvalue weighted by atomic mass is 32.2. The highest BCUT2D eigenvalue weighted by Crippen LogP contribution is 2.31. The van der Waals surface area contributed by atoms with Crippen LogP contribution in [0.25, 0.3) is 10.1 Å². The second-order valence-electron chi connectivity index (χ2n) is 8.02. The largest absolute Gasteiger partial charge is 0.396 e. The molecule has 8 heteroatoms. The van der Waals surface area contributed by atoms with E-state index in [0.29, 0.717) is 0 Å². The number of carbonyl (C=O) groups is 1. The lowest BCUT2D eigenvalue weighted by Gasteiger charge is -2.35. The first-order valence-corrected chi connectivity index (χ1v) is 12.3. The Morgan fingerprint density at radius 1 is 1.17 bits per heavy atom. The Labute approximate surface area is 181 Å². The number of benzene rings is 1. The van der Waals surface area contributed by atoms with Crippen molar-refractivity contribution in [1.82, 2.24) is 14.2 Å². The normalized spacial score (nSPS) is 22.0. The number of nitrogens with zero attached hydrogens (tertiary/aromatic N) is 4. The van der Waals surface area contributed by atoms with E-state index < -0.39 is 0 Å². The number of aromatic nitrogens is 1. The Bertz CT molecular complexity index is 822. The maximum atomic E-state index is 12.4. The molecule has 1 amide bonds. The minimum atomic E-state index is -0.0603. The first kappa shape index (κ1) is 20.9. The minimum absolute atomic E-state index is 0.0450. The highest BCUT2D eigenvalue weighted by Gasteiger charge is 2.35. The molecule has 2 unspecified atom stereocenters. The third-order valence-electron chi connectivity index (χ3n) is 5.95. The third kappa shape index (κ3) is 4.71. The van der Waals surface area contributed by atoms with Crippen LogP contribution in [0.15, 0.2) is 24.3 Å². The van der Waals surface area contributed by atoms with Gasteiger partial charge in [-0.3, -0.25) is 9.69 Å². The molecule has 2 fully saturated rings. The van der Waals surface area contributed by atoms with Crippen LogP contribution >= 0.6 is 23.3 Å². The molecular formula is C21H30N4O2S2. The number of piperazine rings is 1. The van der Waals surface area contributed by atoms with Crippen molar-refractivity contribution in [2.24, 2.45) is 5.92 Å². The number of rotatable bonds is 8. The molecular weight excluding hydrogens is 404 g/mol. The van der Waals surface area contributed by atoms with Gasteiger partial charge in [0.2, 0.25) is 5.91 Å². The van der Waals surface area contributed by atoms with Gasteiger partial charge < -0.3 is 14.9 Å². The van der Waals surface area contributed by atoms with Gasteiger partial charge >= 0.3 is 0 Å². The quantitative estimate of drug-likeness (QED) is 0.645. The molecule has 0 aliphatic carbocycles. The molecule has 0 saturated carbocycles. The Morgan fingerprint density at radius 2 is 1.93 bits per heavy atom. The zero-order chi connectivity index (χ0) is 20.2. The van der Waals surface area contributed by atoms with E-state index in [1.807, 2.05) is 11.8 Å². The van der Waals surface area contributed by atoms with Gasteiger partial charge in [0, 0.05) is 44.7 Å². The predicted molar refractivity (Wildman–Crippen MR) is 122 cm³/mol. The van der Waals surface area contributed by atoms with Crippen LogP contribution in [0.2, 0.25) is 0 Å². The Kier molecular flexibility index (Phi) is 6.95. The summed E-state index contributed by atoms with van der Waals surface area (Å²) < 4.78 is 5.95. The van der Waals surface area contributed by atoms with Gasteiger partial charge in [0.25, 0.3) is 0 Å². The van der Waals surface area contributed by atoms with Crippen LogP contribution in [0.1, 0.15) is 19.8 Å². The van der Waals surface area contributed by atoms with Gasteiger partial charge in [-0.2, -0.15) is 4.37 Å². The van der Waals surface area contributed by atoms with Crippen LogP contribution < -0.4 is 4.90 Å². The van der Waals surface area contributed by atoms with E-state index in [4.69, 9.17) is 0 Å². The van der Waals surface area contributed by atoms with Crippen LogP contribution in [0.5, 0.6) is 0 Å². The van der Waals surface area contributed by atoms with Gasteiger partial charge in [0.1, 0.15) is 5.82 Å². The fourth-order valence-electron chi connectivity index (χ4n) is 4.09. The summed E-state index contributed by atoms with van der Waals surface area (Å²) in [5.74, 6) is 2.17. The number of hydrogen-bond acceptors (Lipinski definition) is 7. The minimum Gasteiger partial charge on any atom is -0.396 e. The number of unbranched alkanes of at least 4 members (excludes halogenated alkanes) is 1. The maximum Gasteiger partial charge on any atom is 0.236 e. The van der Waals surface area contributed by atoms with Gasteiger partial charge in [0.05, 0.1) is 15.8 Å². The first-order valence-electron chi connectivity index (χ1n) is 10.5. The van der Waals surface area contributed by atoms with Crippen molar-refractivity contribution in [2.45, 2.75) is 25.0 Å². The monoisotopic (exact) mass is 434 g/mol. The zero-order valence-corrected chi connectivity index (χ0v) is 18.6. The molecule has 0 bridgehead atoms. The van der Waals surface area contributed by atoms with Crippen LogP contribution in [0.4, 0.5) is 5.82 Å². The van der Waals surface area contributed by atoms with E-state index >= 15 is 0 Å². The molecule has 6 nitrogen and oxygen atoms in total. The van der Waals surface area contributed by atoms with E-state index in [1.54, 1.807) is 23.3 Å². The summed E-state index contributed by atoms with van der Waals surface area (Å²) in [6.07, 6.45) is 2.16. The molecule has 158 valence electrons. The van der Waals surface area contributed by atoms with Crippen molar-refractivity contribution < 1.29 is 9.90 Å². The zero-order valence-electron chi connectivity index (χ0n) is 17.0. The lowest BCUT2D eigenvalue weighted by atomic mass is 10.1. The van der Waals surface area contributed by atoms with E-state index in [0.717, 1.165) is 63.8 Å². The molecule has 0 spiro atoms. The number of aliphatic hydroxyl groups is 1. The van der Waals surface area contributed by atoms with Gasteiger partial charge in [-0.15, -0.1) is 11.8 Å². The average molecular weight is 435 g/mol. The number of carbonyl (C=O) groups excluding carboxylic acids is 1. The number of anilines is 1. The SMILES string of the molecule is CC(CO)C1SCN(CCCCN2CCN(c3nsc4ccccc34)CC2)C1=O. The summed E-state index contributed by atoms with van der Waals surface area (Å²) in [5.41, 5.74) is 0. The molecule has 2 saturated heterocycles. The number of fused-ring (bicyclic) bond motifs is 1. The van der Waals surface area contributed by atoms with E-state index in [9.17, 15) is 9.90 Å². The first-order chi connectivity index (χ1) is 14.2. The maximum absolute atomic E-state index is 12.4. The van der Waals surface area contributed by atoms with Crippen molar-refractivity contribution in [3.8, 4) is 0 Å². The predicted octanol–water partition coefficient (Wildman–Crippen LogP) is 2.73. The van der Waals surface area contributed by atoms with Gasteiger partial charge in [-0.05, 0) is 49.0 Å². The molecule has 4 rings (SSSR count). The topological polar surface area (TPSA) is 59.9 Å². The van der Waals surface area contributed by atoms with Crippen LogP contribution in [0.3, 0.4) is 0 Å². The Hall–Kier alpha value is -1.35. The highest BCUT2D eigenvalue weighted by molar-refractivity contribution is 8.01. The molecule has 2 aliphatic rings. The summed E-state index contributed by atoms with van der Waals surface area (Å²) in [5, 5.41) is 10.5. The fraction of sp³-hybridized carbons (Fsp3) is 0.619. The van der Waals surface area contributed by atoms with Gasteiger partial charge in [-0.1, -0.05) is 19.1 Å². The number of hydrogen-bond donors (Lipinski definition) is 1. The van der Waals surface area contributed by atoms with Crippen molar-refractivity contribution in [1.29, 1.82) is 0 Å². The smallest absolute Gasteiger partial charge is 0.236 e. The second kappa shape index (κ2) is 9.64. The number of amides is 1. The Morgan fingerprint density at radius 3 is 2.72 bits per heavy atom. The average Bonchev–Trinajstić information content (AvgIpc) is 3.35. The number of thioether (sulfide) groups is 1. The van der Waals surface area contributed by atoms with E-state index in [-0.39, 0.29) is 23.7 Å². The van der Waals surface area contributed by atoms with Crippen LogP contribution in [0, 0.1) is 5.92 Å². The lowest BCUT2D eigenvalue weighted by Crippen LogP contribution is -2.46. The van der Waals surface area contributed by atoms with Crippen molar-refractivity contribution in [3.05, 3.63) is 24.3 Å². The summed E-state index contributed by atoms with van der Waals surface area (Å²) in [6, 6.07) is 8.48. The standard InChI is InChI=1S/C21H30N4O2S2/c1-16(14-26)19-21(27)25(15-28-19)9-5-4-8-23-10-12-24(13-11-23)20-17-6-2-3-7-18(17)29-22-20/h2-3,6-7,16,19,26H,4-5,8-15H2,1H3. The van der Waals surface area contributed by atoms with Crippen molar-refractivity contribution in [2.75, 3.05) is 56.7 Å². The van der Waals surface area contributed by atoms with Crippen molar-refractivity contribution >= 4 is 45.1 Å². The fourth-order valence-corrected chi connectivity index (χ4v) is 6.18. The molecule has 3 heterocycles. The summed E-state index contributed by atoms with van der Waals surface area (Å²) >= 11 is 3.26. The molecule has 29 heavy (non-hydrogen) atoms. The van der Waals surface area contributed by atoms with Crippen molar-refractivity contribution in [3.63, 3.8) is 0 Å². The van der Waals surface area contributed by atoms with Gasteiger partial charge in [0.15, 0.2) is 0 Å². The summed E-state index contributed by atoms with van der Waals surface area (Å²) in [7, 11) is 0.